The molecule has 2 fully saturated rings. The predicted octanol–water partition coefficient (Wildman–Crippen LogP) is 4.46. The van der Waals surface area contributed by atoms with Gasteiger partial charge in [0.2, 0.25) is 0 Å². The minimum absolute atomic E-state index is 0.182. The first-order valence-electron chi connectivity index (χ1n) is 10.5. The van der Waals surface area contributed by atoms with E-state index in [-0.39, 0.29) is 5.41 Å². The summed E-state index contributed by atoms with van der Waals surface area (Å²) in [5.41, 5.74) is 5.30. The molecule has 5 heteroatoms. The lowest BCUT2D eigenvalue weighted by atomic mass is 9.55. The Morgan fingerprint density at radius 2 is 2.14 bits per heavy atom. The number of aryl methyl sites for hydroxylation is 2. The molecule has 0 aliphatic heterocycles. The fourth-order valence-electron chi connectivity index (χ4n) is 6.19. The van der Waals surface area contributed by atoms with Crippen LogP contribution in [0.5, 0.6) is 5.75 Å². The molecule has 0 saturated heterocycles. The summed E-state index contributed by atoms with van der Waals surface area (Å²) in [6.45, 7) is 2.42. The van der Waals surface area contributed by atoms with Crippen molar-refractivity contribution in [2.45, 2.75) is 51.4 Å². The first kappa shape index (κ1) is 17.7. The summed E-state index contributed by atoms with van der Waals surface area (Å²) < 4.78 is 1.78. The minimum atomic E-state index is 0.182. The highest BCUT2D eigenvalue weighted by Gasteiger charge is 2.53. The predicted molar refractivity (Wildman–Crippen MR) is 111 cm³/mol. The van der Waals surface area contributed by atoms with Gasteiger partial charge in [0.25, 0.3) is 0 Å². The summed E-state index contributed by atoms with van der Waals surface area (Å²) in [7, 11) is 1.91. The Bertz CT molecular complexity index is 959. The Morgan fingerprint density at radius 3 is 2.96 bits per heavy atom. The van der Waals surface area contributed by atoms with E-state index < -0.39 is 0 Å². The molecular formula is C23H28N4O. The standard InChI is InChI=1S/C23H28N4O/c1-23-10-9-19-18-6-4-17(28)11-16(18)3-5-20(19)21(23)7-8-22(23)26-24-12-15-13-25-27(2)14-15/h4,6,11-14,19-21,28H,3,5,7-10H2,1-2H3/b24-12-,26-22-/t19-,20+,21+,23-/m1/s1. The van der Waals surface area contributed by atoms with Crippen molar-refractivity contribution in [2.75, 3.05) is 0 Å². The SMILES string of the molecule is Cn1cc(/C=N\N=C2\CC[C@H]3[C@H]4CCc5cc(O)ccc5[C@H]4CC[C@@]23C)cn1. The number of hydrogen-bond donors (Lipinski definition) is 1. The second kappa shape index (κ2) is 6.57. The highest BCUT2D eigenvalue weighted by Crippen LogP contribution is 2.60. The van der Waals surface area contributed by atoms with Crippen LogP contribution in [0.2, 0.25) is 0 Å². The molecule has 2 saturated carbocycles. The highest BCUT2D eigenvalue weighted by atomic mass is 16.3. The van der Waals surface area contributed by atoms with Gasteiger partial charge in [-0.1, -0.05) is 13.0 Å². The van der Waals surface area contributed by atoms with Crippen LogP contribution in [0.4, 0.5) is 0 Å². The van der Waals surface area contributed by atoms with Crippen LogP contribution >= 0.6 is 0 Å². The highest BCUT2D eigenvalue weighted by molar-refractivity contribution is 5.93. The van der Waals surface area contributed by atoms with E-state index in [9.17, 15) is 5.11 Å². The molecule has 0 spiro atoms. The first-order chi connectivity index (χ1) is 13.5. The molecule has 5 rings (SSSR count). The average molecular weight is 377 g/mol. The number of aromatic nitrogens is 2. The zero-order valence-corrected chi connectivity index (χ0v) is 16.7. The molecule has 0 amide bonds. The van der Waals surface area contributed by atoms with Gasteiger partial charge in [-0.15, -0.1) is 0 Å². The van der Waals surface area contributed by atoms with Crippen molar-refractivity contribution >= 4 is 11.9 Å². The maximum atomic E-state index is 9.84. The molecule has 1 aromatic carbocycles. The maximum absolute atomic E-state index is 9.84. The molecule has 0 unspecified atom stereocenters. The molecule has 1 aromatic heterocycles. The summed E-state index contributed by atoms with van der Waals surface area (Å²) in [5, 5.41) is 23.1. The third-order valence-corrected chi connectivity index (χ3v) is 7.56. The number of nitrogens with zero attached hydrogens (tertiary/aromatic N) is 4. The molecule has 2 aromatic rings. The van der Waals surface area contributed by atoms with Gasteiger partial charge in [0.1, 0.15) is 5.75 Å². The van der Waals surface area contributed by atoms with Crippen LogP contribution < -0.4 is 0 Å². The van der Waals surface area contributed by atoms with Crippen molar-refractivity contribution in [3.63, 3.8) is 0 Å². The monoisotopic (exact) mass is 376 g/mol. The van der Waals surface area contributed by atoms with Gasteiger partial charge in [0, 0.05) is 29.9 Å². The van der Waals surface area contributed by atoms with Gasteiger partial charge in [-0.3, -0.25) is 4.68 Å². The van der Waals surface area contributed by atoms with Crippen LogP contribution in [0.1, 0.15) is 61.6 Å². The molecule has 3 aliphatic carbocycles. The largest absolute Gasteiger partial charge is 0.508 e. The number of rotatable bonds is 2. The van der Waals surface area contributed by atoms with Crippen molar-refractivity contribution in [1.29, 1.82) is 0 Å². The van der Waals surface area contributed by atoms with Crippen LogP contribution in [0.25, 0.3) is 0 Å². The molecule has 0 radical (unpaired) electrons. The molecule has 5 nitrogen and oxygen atoms in total. The first-order valence-corrected chi connectivity index (χ1v) is 10.5. The number of phenolic OH excluding ortho intramolecular Hbond substituents is 1. The number of phenols is 1. The summed E-state index contributed by atoms with van der Waals surface area (Å²) in [6, 6.07) is 6.02. The van der Waals surface area contributed by atoms with Gasteiger partial charge in [-0.25, -0.2) is 0 Å². The Kier molecular flexibility index (Phi) is 4.14. The Balaban J connectivity index is 1.39. The Labute approximate surface area is 166 Å². The molecule has 0 bridgehead atoms. The van der Waals surface area contributed by atoms with Crippen LogP contribution in [-0.2, 0) is 13.5 Å². The van der Waals surface area contributed by atoms with Gasteiger partial charge >= 0.3 is 0 Å². The van der Waals surface area contributed by atoms with Crippen LogP contribution in [0.3, 0.4) is 0 Å². The molecular weight excluding hydrogens is 348 g/mol. The Morgan fingerprint density at radius 1 is 1.25 bits per heavy atom. The van der Waals surface area contributed by atoms with Crippen molar-refractivity contribution in [3.8, 4) is 5.75 Å². The second-order valence-corrected chi connectivity index (χ2v) is 9.03. The van der Waals surface area contributed by atoms with E-state index in [4.69, 9.17) is 5.10 Å². The Hall–Kier alpha value is -2.43. The van der Waals surface area contributed by atoms with Crippen LogP contribution in [0.15, 0.2) is 40.8 Å². The number of fused-ring (bicyclic) bond motifs is 5. The summed E-state index contributed by atoms with van der Waals surface area (Å²) in [6.07, 6.45) is 12.6. The molecule has 28 heavy (non-hydrogen) atoms. The number of hydrogen-bond acceptors (Lipinski definition) is 4. The summed E-state index contributed by atoms with van der Waals surface area (Å²) >= 11 is 0. The van der Waals surface area contributed by atoms with E-state index in [0.717, 1.165) is 24.3 Å². The van der Waals surface area contributed by atoms with Gasteiger partial charge in [0.15, 0.2) is 0 Å². The van der Waals surface area contributed by atoms with E-state index in [2.05, 4.69) is 23.2 Å². The molecule has 4 atom stereocenters. The molecule has 146 valence electrons. The third kappa shape index (κ3) is 2.79. The lowest BCUT2D eigenvalue weighted by Gasteiger charge is -2.49. The van der Waals surface area contributed by atoms with E-state index in [0.29, 0.717) is 17.6 Å². The zero-order valence-electron chi connectivity index (χ0n) is 16.7. The van der Waals surface area contributed by atoms with Crippen LogP contribution in [-0.4, -0.2) is 26.8 Å². The smallest absolute Gasteiger partial charge is 0.115 e. The molecule has 3 aliphatic rings. The van der Waals surface area contributed by atoms with Crippen molar-refractivity contribution in [2.24, 2.45) is 34.5 Å². The normalized spacial score (nSPS) is 33.1. The minimum Gasteiger partial charge on any atom is -0.508 e. The van der Waals surface area contributed by atoms with Gasteiger partial charge in [-0.2, -0.15) is 15.3 Å². The van der Waals surface area contributed by atoms with E-state index >= 15 is 0 Å². The van der Waals surface area contributed by atoms with E-state index in [1.54, 1.807) is 4.68 Å². The molecule has 1 heterocycles. The fraction of sp³-hybridized carbons (Fsp3) is 0.522. The topological polar surface area (TPSA) is 62.8 Å². The van der Waals surface area contributed by atoms with Gasteiger partial charge in [-0.05, 0) is 79.5 Å². The quantitative estimate of drug-likeness (QED) is 0.621. The summed E-state index contributed by atoms with van der Waals surface area (Å²) in [4.78, 5) is 0. The third-order valence-electron chi connectivity index (χ3n) is 7.56. The summed E-state index contributed by atoms with van der Waals surface area (Å²) in [5.74, 6) is 2.46. The van der Waals surface area contributed by atoms with E-state index in [1.807, 2.05) is 37.8 Å². The van der Waals surface area contributed by atoms with Crippen molar-refractivity contribution < 1.29 is 5.11 Å². The van der Waals surface area contributed by atoms with Crippen molar-refractivity contribution in [1.82, 2.24) is 9.78 Å². The van der Waals surface area contributed by atoms with Gasteiger partial charge < -0.3 is 5.11 Å². The fourth-order valence-corrected chi connectivity index (χ4v) is 6.19. The van der Waals surface area contributed by atoms with Gasteiger partial charge in [0.05, 0.1) is 12.4 Å². The second-order valence-electron chi connectivity index (χ2n) is 9.03. The lowest BCUT2D eigenvalue weighted by Crippen LogP contribution is -2.42. The van der Waals surface area contributed by atoms with Crippen molar-refractivity contribution in [3.05, 3.63) is 47.3 Å². The average Bonchev–Trinajstić information content (AvgIpc) is 3.24. The van der Waals surface area contributed by atoms with Crippen LogP contribution in [0, 0.1) is 17.3 Å². The lowest BCUT2D eigenvalue weighted by molar-refractivity contribution is 0.0955. The van der Waals surface area contributed by atoms with E-state index in [1.165, 1.54) is 42.5 Å². The number of aromatic hydroxyl groups is 1. The maximum Gasteiger partial charge on any atom is 0.115 e. The number of benzene rings is 1. The zero-order chi connectivity index (χ0) is 19.3. The molecule has 1 N–H and O–H groups in total.